The summed E-state index contributed by atoms with van der Waals surface area (Å²) < 4.78 is 0. The third kappa shape index (κ3) is 3.76. The Morgan fingerprint density at radius 1 is 1.24 bits per heavy atom. The number of carbonyl (C=O) groups is 2. The molecule has 0 saturated carbocycles. The second-order valence-corrected chi connectivity index (χ2v) is 6.42. The lowest BCUT2D eigenvalue weighted by atomic mass is 10.00. The van der Waals surface area contributed by atoms with Gasteiger partial charge < -0.3 is 14.9 Å². The Labute approximate surface area is 127 Å². The Morgan fingerprint density at radius 3 is 2.62 bits per heavy atom. The number of hydrogen-bond acceptors (Lipinski definition) is 3. The molecule has 0 aromatic rings. The molecule has 0 bridgehead atoms. The number of likely N-dealkylation sites (tertiary alicyclic amines) is 2. The van der Waals surface area contributed by atoms with Crippen molar-refractivity contribution in [2.75, 3.05) is 19.6 Å². The van der Waals surface area contributed by atoms with Gasteiger partial charge in [-0.2, -0.15) is 0 Å². The molecule has 5 nitrogen and oxygen atoms in total. The van der Waals surface area contributed by atoms with Crippen LogP contribution in [0.25, 0.3) is 0 Å². The average Bonchev–Trinajstić information content (AvgIpc) is 2.97. The number of aliphatic hydroxyl groups is 1. The van der Waals surface area contributed by atoms with E-state index in [1.807, 2.05) is 11.8 Å². The molecule has 5 heteroatoms. The highest BCUT2D eigenvalue weighted by Crippen LogP contribution is 2.25. The van der Waals surface area contributed by atoms with Crippen molar-refractivity contribution in [3.8, 4) is 0 Å². The highest BCUT2D eigenvalue weighted by Gasteiger charge is 2.37. The van der Waals surface area contributed by atoms with Gasteiger partial charge in [-0.3, -0.25) is 9.59 Å². The molecule has 0 radical (unpaired) electrons. The van der Waals surface area contributed by atoms with Crippen molar-refractivity contribution in [3.63, 3.8) is 0 Å². The van der Waals surface area contributed by atoms with Gasteiger partial charge in [0.05, 0.1) is 6.10 Å². The monoisotopic (exact) mass is 296 g/mol. The number of rotatable bonds is 4. The summed E-state index contributed by atoms with van der Waals surface area (Å²) in [7, 11) is 0. The zero-order valence-corrected chi connectivity index (χ0v) is 13.3. The third-order valence-electron chi connectivity index (χ3n) is 4.79. The van der Waals surface area contributed by atoms with Crippen LogP contribution in [0.5, 0.6) is 0 Å². The fourth-order valence-corrected chi connectivity index (χ4v) is 3.44. The van der Waals surface area contributed by atoms with Crippen LogP contribution < -0.4 is 0 Å². The average molecular weight is 296 g/mol. The van der Waals surface area contributed by atoms with Gasteiger partial charge in [0, 0.05) is 32.0 Å². The van der Waals surface area contributed by atoms with Crippen molar-refractivity contribution in [2.45, 2.75) is 64.5 Å². The molecule has 0 aromatic carbocycles. The number of hydrogen-bond donors (Lipinski definition) is 1. The largest absolute Gasteiger partial charge is 0.393 e. The number of amides is 2. The standard InChI is InChI=1S/C16H28N2O3/c1-3-6-15(20)18-9-5-4-7-14(18)16(21)17-10-8-13(11-17)12(2)19/h12-14,19H,3-11H2,1-2H3. The summed E-state index contributed by atoms with van der Waals surface area (Å²) in [6.07, 6.45) is 4.63. The molecule has 2 heterocycles. The maximum Gasteiger partial charge on any atom is 0.245 e. The normalized spacial score (nSPS) is 27.8. The van der Waals surface area contributed by atoms with Crippen molar-refractivity contribution in [2.24, 2.45) is 5.92 Å². The van der Waals surface area contributed by atoms with E-state index in [0.29, 0.717) is 26.1 Å². The molecular weight excluding hydrogens is 268 g/mol. The SMILES string of the molecule is CCCC(=O)N1CCCCC1C(=O)N1CCC(C(C)O)C1. The lowest BCUT2D eigenvalue weighted by Gasteiger charge is -2.37. The van der Waals surface area contributed by atoms with Crippen LogP contribution in [0, 0.1) is 5.92 Å². The van der Waals surface area contributed by atoms with E-state index in [1.165, 1.54) is 0 Å². The molecule has 3 unspecified atom stereocenters. The molecule has 0 aromatic heterocycles. The molecule has 0 aliphatic carbocycles. The molecule has 2 rings (SSSR count). The molecule has 2 amide bonds. The fourth-order valence-electron chi connectivity index (χ4n) is 3.44. The van der Waals surface area contributed by atoms with Gasteiger partial charge in [-0.05, 0) is 39.0 Å². The minimum absolute atomic E-state index is 0.0855. The third-order valence-corrected chi connectivity index (χ3v) is 4.79. The molecule has 2 aliphatic heterocycles. The molecule has 120 valence electrons. The minimum Gasteiger partial charge on any atom is -0.393 e. The minimum atomic E-state index is -0.369. The molecule has 1 N–H and O–H groups in total. The van der Waals surface area contributed by atoms with E-state index in [1.54, 1.807) is 11.8 Å². The number of nitrogens with zero attached hydrogens (tertiary/aromatic N) is 2. The lowest BCUT2D eigenvalue weighted by molar-refractivity contribution is -0.147. The van der Waals surface area contributed by atoms with Crippen LogP contribution in [-0.2, 0) is 9.59 Å². The summed E-state index contributed by atoms with van der Waals surface area (Å²) in [5, 5.41) is 9.67. The van der Waals surface area contributed by atoms with Crippen molar-refractivity contribution in [1.82, 2.24) is 9.80 Å². The first kappa shape index (κ1) is 16.3. The van der Waals surface area contributed by atoms with Crippen LogP contribution >= 0.6 is 0 Å². The first-order chi connectivity index (χ1) is 10.0. The van der Waals surface area contributed by atoms with Gasteiger partial charge in [0.25, 0.3) is 0 Å². The van der Waals surface area contributed by atoms with Crippen molar-refractivity contribution in [1.29, 1.82) is 0 Å². The Balaban J connectivity index is 2.00. The van der Waals surface area contributed by atoms with E-state index in [-0.39, 0.29) is 29.9 Å². The highest BCUT2D eigenvalue weighted by atomic mass is 16.3. The van der Waals surface area contributed by atoms with Gasteiger partial charge in [-0.15, -0.1) is 0 Å². The van der Waals surface area contributed by atoms with Crippen LogP contribution in [0.1, 0.15) is 52.4 Å². The summed E-state index contributed by atoms with van der Waals surface area (Å²) in [5.74, 6) is 0.376. The zero-order chi connectivity index (χ0) is 15.4. The van der Waals surface area contributed by atoms with Crippen LogP contribution in [0.4, 0.5) is 0 Å². The Bertz CT molecular complexity index is 384. The molecular formula is C16H28N2O3. The van der Waals surface area contributed by atoms with Gasteiger partial charge >= 0.3 is 0 Å². The Kier molecular flexibility index (Phi) is 5.62. The van der Waals surface area contributed by atoms with E-state index in [9.17, 15) is 14.7 Å². The van der Waals surface area contributed by atoms with E-state index in [4.69, 9.17) is 0 Å². The molecule has 21 heavy (non-hydrogen) atoms. The van der Waals surface area contributed by atoms with Crippen LogP contribution in [0.2, 0.25) is 0 Å². The van der Waals surface area contributed by atoms with E-state index in [0.717, 1.165) is 32.1 Å². The highest BCUT2D eigenvalue weighted by molar-refractivity contribution is 5.88. The summed E-state index contributed by atoms with van der Waals surface area (Å²) in [6, 6.07) is -0.273. The summed E-state index contributed by atoms with van der Waals surface area (Å²) in [5.41, 5.74) is 0. The molecule has 2 saturated heterocycles. The first-order valence-corrected chi connectivity index (χ1v) is 8.31. The van der Waals surface area contributed by atoms with Gasteiger partial charge in [0.1, 0.15) is 6.04 Å². The second-order valence-electron chi connectivity index (χ2n) is 6.42. The predicted molar refractivity (Wildman–Crippen MR) is 80.6 cm³/mol. The molecule has 2 fully saturated rings. The van der Waals surface area contributed by atoms with Crippen LogP contribution in [0.3, 0.4) is 0 Å². The summed E-state index contributed by atoms with van der Waals surface area (Å²) in [6.45, 7) is 5.83. The van der Waals surface area contributed by atoms with Gasteiger partial charge in [-0.1, -0.05) is 6.92 Å². The topological polar surface area (TPSA) is 60.9 Å². The van der Waals surface area contributed by atoms with Crippen molar-refractivity contribution >= 4 is 11.8 Å². The number of carbonyl (C=O) groups excluding carboxylic acids is 2. The zero-order valence-electron chi connectivity index (χ0n) is 13.3. The van der Waals surface area contributed by atoms with Gasteiger partial charge in [-0.25, -0.2) is 0 Å². The van der Waals surface area contributed by atoms with Crippen LogP contribution in [0.15, 0.2) is 0 Å². The Morgan fingerprint density at radius 2 is 2.00 bits per heavy atom. The van der Waals surface area contributed by atoms with E-state index < -0.39 is 0 Å². The van der Waals surface area contributed by atoms with E-state index in [2.05, 4.69) is 0 Å². The predicted octanol–water partition coefficient (Wildman–Crippen LogP) is 1.40. The molecule has 3 atom stereocenters. The maximum atomic E-state index is 12.7. The second kappa shape index (κ2) is 7.25. The molecule has 2 aliphatic rings. The van der Waals surface area contributed by atoms with Crippen molar-refractivity contribution < 1.29 is 14.7 Å². The van der Waals surface area contributed by atoms with Crippen molar-refractivity contribution in [3.05, 3.63) is 0 Å². The Hall–Kier alpha value is -1.10. The number of piperidine rings is 1. The fraction of sp³-hybridized carbons (Fsp3) is 0.875. The number of aliphatic hydroxyl groups excluding tert-OH is 1. The quantitative estimate of drug-likeness (QED) is 0.853. The van der Waals surface area contributed by atoms with E-state index >= 15 is 0 Å². The maximum absolute atomic E-state index is 12.7. The van der Waals surface area contributed by atoms with Crippen LogP contribution in [-0.4, -0.2) is 58.5 Å². The lowest BCUT2D eigenvalue weighted by Crippen LogP contribution is -2.52. The van der Waals surface area contributed by atoms with Gasteiger partial charge in [0.2, 0.25) is 11.8 Å². The molecule has 0 spiro atoms. The first-order valence-electron chi connectivity index (χ1n) is 8.31. The van der Waals surface area contributed by atoms with Gasteiger partial charge in [0.15, 0.2) is 0 Å². The smallest absolute Gasteiger partial charge is 0.245 e. The summed E-state index contributed by atoms with van der Waals surface area (Å²) in [4.78, 5) is 28.6. The summed E-state index contributed by atoms with van der Waals surface area (Å²) >= 11 is 0.